The van der Waals surface area contributed by atoms with Crippen molar-refractivity contribution in [1.82, 2.24) is 4.98 Å². The Bertz CT molecular complexity index is 264. The van der Waals surface area contributed by atoms with Crippen LogP contribution in [0.1, 0.15) is 12.6 Å². The number of carbonyl (C=O) groups is 1. The van der Waals surface area contributed by atoms with Crippen LogP contribution in [0, 0.1) is 0 Å². The lowest BCUT2D eigenvalue weighted by Gasteiger charge is -1.95. The van der Waals surface area contributed by atoms with E-state index in [0.717, 1.165) is 17.6 Å². The van der Waals surface area contributed by atoms with E-state index in [1.54, 1.807) is 6.20 Å². The molecule has 2 heteroatoms. The zero-order valence-electron chi connectivity index (χ0n) is 6.32. The molecule has 0 fully saturated rings. The second-order valence-corrected chi connectivity index (χ2v) is 2.20. The molecule has 0 amide bonds. The largest absolute Gasteiger partial charge is 0.299 e. The Balaban J connectivity index is 2.94. The minimum atomic E-state index is 0.768. The molecule has 1 aromatic rings. The van der Waals surface area contributed by atoms with Gasteiger partial charge in [0, 0.05) is 6.20 Å². The third-order valence-corrected chi connectivity index (χ3v) is 1.39. The molecular formula is C9H9NO. The molecule has 2 nitrogen and oxygen atoms in total. The van der Waals surface area contributed by atoms with Crippen molar-refractivity contribution in [2.24, 2.45) is 0 Å². The average molecular weight is 147 g/mol. The van der Waals surface area contributed by atoms with Crippen LogP contribution in [0.4, 0.5) is 0 Å². The fourth-order valence-corrected chi connectivity index (χ4v) is 0.783. The number of pyridine rings is 1. The Morgan fingerprint density at radius 3 is 2.91 bits per heavy atom. The zero-order chi connectivity index (χ0) is 8.10. The van der Waals surface area contributed by atoms with Gasteiger partial charge in [-0.05, 0) is 30.7 Å². The highest BCUT2D eigenvalue weighted by atomic mass is 16.1. The monoisotopic (exact) mass is 147 g/mol. The predicted octanol–water partition coefficient (Wildman–Crippen LogP) is 1.68. The molecule has 0 spiro atoms. The molecule has 0 N–H and O–H groups in total. The first kappa shape index (κ1) is 7.66. The van der Waals surface area contributed by atoms with Crippen molar-refractivity contribution in [2.45, 2.75) is 6.92 Å². The molecule has 0 radical (unpaired) electrons. The van der Waals surface area contributed by atoms with Crippen LogP contribution >= 0.6 is 0 Å². The quantitative estimate of drug-likeness (QED) is 0.470. The number of aromatic nitrogens is 1. The predicted molar refractivity (Wildman–Crippen MR) is 44.0 cm³/mol. The van der Waals surface area contributed by atoms with E-state index in [4.69, 9.17) is 0 Å². The van der Waals surface area contributed by atoms with Gasteiger partial charge in [0.15, 0.2) is 0 Å². The van der Waals surface area contributed by atoms with Gasteiger partial charge < -0.3 is 0 Å². The topological polar surface area (TPSA) is 30.0 Å². The lowest BCUT2D eigenvalue weighted by atomic mass is 10.2. The number of hydrogen-bond donors (Lipinski definition) is 0. The molecule has 1 rings (SSSR count). The Kier molecular flexibility index (Phi) is 2.55. The number of carbonyl (C=O) groups excluding carboxylic acids is 1. The van der Waals surface area contributed by atoms with Crippen molar-refractivity contribution in [3.63, 3.8) is 0 Å². The Morgan fingerprint density at radius 1 is 1.55 bits per heavy atom. The molecule has 0 aliphatic rings. The van der Waals surface area contributed by atoms with E-state index in [1.807, 2.05) is 25.1 Å². The Hall–Kier alpha value is -1.44. The number of allylic oxidation sites excluding steroid dienone is 2. The molecular weight excluding hydrogens is 138 g/mol. The van der Waals surface area contributed by atoms with E-state index in [1.165, 1.54) is 6.08 Å². The van der Waals surface area contributed by atoms with Gasteiger partial charge in [-0.15, -0.1) is 0 Å². The van der Waals surface area contributed by atoms with Crippen molar-refractivity contribution >= 4 is 11.9 Å². The highest BCUT2D eigenvalue weighted by molar-refractivity contribution is 5.79. The van der Waals surface area contributed by atoms with Crippen LogP contribution in [0.15, 0.2) is 30.5 Å². The molecule has 0 saturated carbocycles. The van der Waals surface area contributed by atoms with Crippen LogP contribution in [-0.4, -0.2) is 11.3 Å². The van der Waals surface area contributed by atoms with Gasteiger partial charge in [-0.3, -0.25) is 9.78 Å². The fraction of sp³-hybridized carbons (Fsp3) is 0.111. The summed E-state index contributed by atoms with van der Waals surface area (Å²) in [6.07, 6.45) is 3.98. The van der Waals surface area contributed by atoms with E-state index in [2.05, 4.69) is 4.98 Å². The van der Waals surface area contributed by atoms with Crippen LogP contribution in [0.25, 0.3) is 5.57 Å². The van der Waals surface area contributed by atoms with Gasteiger partial charge in [0.05, 0.1) is 5.69 Å². The SMILES string of the molecule is C/C(=C\C=O)c1ccccn1. The minimum absolute atomic E-state index is 0.768. The number of hydrogen-bond acceptors (Lipinski definition) is 2. The fourth-order valence-electron chi connectivity index (χ4n) is 0.783. The molecule has 56 valence electrons. The summed E-state index contributed by atoms with van der Waals surface area (Å²) in [6, 6.07) is 5.61. The summed E-state index contributed by atoms with van der Waals surface area (Å²) in [7, 11) is 0. The summed E-state index contributed by atoms with van der Waals surface area (Å²) in [6.45, 7) is 1.86. The minimum Gasteiger partial charge on any atom is -0.299 e. The first-order valence-electron chi connectivity index (χ1n) is 3.38. The second-order valence-electron chi connectivity index (χ2n) is 2.20. The molecule has 0 bridgehead atoms. The van der Waals surface area contributed by atoms with Gasteiger partial charge in [-0.25, -0.2) is 0 Å². The summed E-state index contributed by atoms with van der Waals surface area (Å²) in [5.74, 6) is 0. The van der Waals surface area contributed by atoms with E-state index < -0.39 is 0 Å². The van der Waals surface area contributed by atoms with E-state index in [0.29, 0.717) is 0 Å². The van der Waals surface area contributed by atoms with Crippen molar-refractivity contribution in [3.05, 3.63) is 36.2 Å². The maximum absolute atomic E-state index is 10.1. The summed E-state index contributed by atoms with van der Waals surface area (Å²) in [5, 5.41) is 0. The van der Waals surface area contributed by atoms with Crippen LogP contribution in [0.3, 0.4) is 0 Å². The summed E-state index contributed by atoms with van der Waals surface area (Å²) < 4.78 is 0. The average Bonchev–Trinajstić information content (AvgIpc) is 2.07. The molecule has 1 heterocycles. The van der Waals surface area contributed by atoms with Crippen molar-refractivity contribution in [3.8, 4) is 0 Å². The van der Waals surface area contributed by atoms with E-state index in [-0.39, 0.29) is 0 Å². The Labute approximate surface area is 65.6 Å². The Morgan fingerprint density at radius 2 is 2.36 bits per heavy atom. The summed E-state index contributed by atoms with van der Waals surface area (Å²) >= 11 is 0. The van der Waals surface area contributed by atoms with Gasteiger partial charge in [0.2, 0.25) is 0 Å². The lowest BCUT2D eigenvalue weighted by Crippen LogP contribution is -1.83. The molecule has 0 aliphatic carbocycles. The molecule has 11 heavy (non-hydrogen) atoms. The van der Waals surface area contributed by atoms with Gasteiger partial charge in [0.25, 0.3) is 0 Å². The van der Waals surface area contributed by atoms with E-state index in [9.17, 15) is 4.79 Å². The maximum atomic E-state index is 10.1. The number of rotatable bonds is 2. The van der Waals surface area contributed by atoms with Gasteiger partial charge >= 0.3 is 0 Å². The van der Waals surface area contributed by atoms with E-state index >= 15 is 0 Å². The van der Waals surface area contributed by atoms with Crippen LogP contribution < -0.4 is 0 Å². The maximum Gasteiger partial charge on any atom is 0.143 e. The zero-order valence-corrected chi connectivity index (χ0v) is 6.32. The van der Waals surface area contributed by atoms with Crippen LogP contribution in [0.2, 0.25) is 0 Å². The van der Waals surface area contributed by atoms with Gasteiger partial charge in [-0.1, -0.05) is 6.07 Å². The first-order chi connectivity index (χ1) is 5.34. The highest BCUT2D eigenvalue weighted by Gasteiger charge is 1.92. The number of nitrogens with zero attached hydrogens (tertiary/aromatic N) is 1. The molecule has 0 aromatic carbocycles. The molecule has 0 aliphatic heterocycles. The first-order valence-corrected chi connectivity index (χ1v) is 3.38. The van der Waals surface area contributed by atoms with Crippen molar-refractivity contribution < 1.29 is 4.79 Å². The smallest absolute Gasteiger partial charge is 0.143 e. The highest BCUT2D eigenvalue weighted by Crippen LogP contribution is 2.07. The van der Waals surface area contributed by atoms with Gasteiger partial charge in [-0.2, -0.15) is 0 Å². The third kappa shape index (κ3) is 2.00. The normalized spacial score (nSPS) is 11.2. The summed E-state index contributed by atoms with van der Waals surface area (Å²) in [4.78, 5) is 14.2. The van der Waals surface area contributed by atoms with Crippen molar-refractivity contribution in [1.29, 1.82) is 0 Å². The van der Waals surface area contributed by atoms with Crippen LogP contribution in [0.5, 0.6) is 0 Å². The molecule has 0 atom stereocenters. The molecule has 0 unspecified atom stereocenters. The molecule has 0 saturated heterocycles. The van der Waals surface area contributed by atoms with Crippen molar-refractivity contribution in [2.75, 3.05) is 0 Å². The second kappa shape index (κ2) is 3.66. The standard InChI is InChI=1S/C9H9NO/c1-8(5-7-11)9-4-2-3-6-10-9/h2-7H,1H3/b8-5+. The third-order valence-electron chi connectivity index (χ3n) is 1.39. The lowest BCUT2D eigenvalue weighted by molar-refractivity contribution is -0.104. The van der Waals surface area contributed by atoms with Crippen LogP contribution in [-0.2, 0) is 4.79 Å². The summed E-state index contributed by atoms with van der Waals surface area (Å²) in [5.41, 5.74) is 1.74. The number of aldehydes is 1. The molecule has 1 aromatic heterocycles. The van der Waals surface area contributed by atoms with Gasteiger partial charge in [0.1, 0.15) is 6.29 Å².